The molecule has 1 aliphatic rings. The van der Waals surface area contributed by atoms with Crippen molar-refractivity contribution < 1.29 is 14.3 Å². The van der Waals surface area contributed by atoms with Crippen LogP contribution in [0.25, 0.3) is 0 Å². The third-order valence-electron chi connectivity index (χ3n) is 3.17. The number of rotatable bonds is 6. The molecule has 0 bridgehead atoms. The van der Waals surface area contributed by atoms with Gasteiger partial charge in [0, 0.05) is 18.3 Å². The van der Waals surface area contributed by atoms with Crippen molar-refractivity contribution in [1.82, 2.24) is 10.2 Å². The summed E-state index contributed by atoms with van der Waals surface area (Å²) < 4.78 is 5.52. The number of hydrogen-bond acceptors (Lipinski definition) is 4. The van der Waals surface area contributed by atoms with Gasteiger partial charge < -0.3 is 15.8 Å². The van der Waals surface area contributed by atoms with Gasteiger partial charge in [-0.15, -0.1) is 0 Å². The van der Waals surface area contributed by atoms with E-state index in [9.17, 15) is 9.59 Å². The van der Waals surface area contributed by atoms with Crippen molar-refractivity contribution in [3.63, 3.8) is 0 Å². The van der Waals surface area contributed by atoms with Gasteiger partial charge in [-0.2, -0.15) is 0 Å². The summed E-state index contributed by atoms with van der Waals surface area (Å²) in [5.41, 5.74) is 6.28. The van der Waals surface area contributed by atoms with Crippen LogP contribution in [0, 0.1) is 0 Å². The minimum absolute atomic E-state index is 0.151. The molecule has 20 heavy (non-hydrogen) atoms. The molecule has 0 radical (unpaired) electrons. The van der Waals surface area contributed by atoms with Gasteiger partial charge in [0.2, 0.25) is 0 Å². The van der Waals surface area contributed by atoms with Gasteiger partial charge in [0.05, 0.1) is 6.61 Å². The zero-order chi connectivity index (χ0) is 14.5. The molecule has 3 amide bonds. The van der Waals surface area contributed by atoms with Crippen LogP contribution in [0.15, 0.2) is 24.3 Å². The number of nitrogen functional groups attached to an aromatic ring is 1. The van der Waals surface area contributed by atoms with Crippen molar-refractivity contribution in [2.75, 3.05) is 18.9 Å². The smallest absolute Gasteiger partial charge is 0.324 e. The van der Waals surface area contributed by atoms with Gasteiger partial charge in [-0.1, -0.05) is 13.0 Å². The largest absolute Gasteiger partial charge is 0.493 e. The molecule has 6 heteroatoms. The molecule has 1 atom stereocenters. The van der Waals surface area contributed by atoms with E-state index in [1.54, 1.807) is 12.1 Å². The second kappa shape index (κ2) is 6.27. The Balaban J connectivity index is 1.76. The third kappa shape index (κ3) is 3.20. The average molecular weight is 277 g/mol. The number of ether oxygens (including phenoxy) is 1. The van der Waals surface area contributed by atoms with Crippen LogP contribution in [-0.4, -0.2) is 36.0 Å². The number of carbonyl (C=O) groups is 2. The summed E-state index contributed by atoms with van der Waals surface area (Å²) in [5.74, 6) is 0.537. The standard InChI is InChI=1S/C14H19N3O3/c1-2-12-13(18)17(14(19)16-12)7-4-8-20-11-6-3-5-10(15)9-11/h3,5-6,9,12H,2,4,7-8,15H2,1H3,(H,16,19). The van der Waals surface area contributed by atoms with Crippen LogP contribution in [0.2, 0.25) is 0 Å². The Kier molecular flexibility index (Phi) is 4.45. The molecule has 1 aromatic carbocycles. The summed E-state index contributed by atoms with van der Waals surface area (Å²) in [4.78, 5) is 24.7. The fourth-order valence-electron chi connectivity index (χ4n) is 2.08. The lowest BCUT2D eigenvalue weighted by atomic mass is 10.2. The maximum Gasteiger partial charge on any atom is 0.324 e. The molecule has 1 aromatic rings. The van der Waals surface area contributed by atoms with E-state index in [1.807, 2.05) is 19.1 Å². The summed E-state index contributed by atoms with van der Waals surface area (Å²) in [7, 11) is 0. The second-order valence-electron chi connectivity index (χ2n) is 4.67. The lowest BCUT2D eigenvalue weighted by molar-refractivity contribution is -0.127. The molecule has 2 rings (SSSR count). The molecule has 0 aliphatic carbocycles. The summed E-state index contributed by atoms with van der Waals surface area (Å²) >= 11 is 0. The highest BCUT2D eigenvalue weighted by atomic mass is 16.5. The van der Waals surface area contributed by atoms with E-state index >= 15 is 0 Å². The van der Waals surface area contributed by atoms with Crippen LogP contribution < -0.4 is 15.8 Å². The Hall–Kier alpha value is -2.24. The Morgan fingerprint density at radius 2 is 2.20 bits per heavy atom. The highest BCUT2D eigenvalue weighted by Crippen LogP contribution is 2.15. The second-order valence-corrected chi connectivity index (χ2v) is 4.67. The monoisotopic (exact) mass is 277 g/mol. The van der Waals surface area contributed by atoms with Crippen LogP contribution in [0.4, 0.5) is 10.5 Å². The molecular weight excluding hydrogens is 258 g/mol. The lowest BCUT2D eigenvalue weighted by Crippen LogP contribution is -2.33. The SMILES string of the molecule is CCC1NC(=O)N(CCCOc2cccc(N)c2)C1=O. The molecule has 1 fully saturated rings. The Labute approximate surface area is 117 Å². The number of nitrogens with zero attached hydrogens (tertiary/aromatic N) is 1. The number of imide groups is 1. The van der Waals surface area contributed by atoms with Crippen molar-refractivity contribution in [3.8, 4) is 5.75 Å². The van der Waals surface area contributed by atoms with Gasteiger partial charge in [0.25, 0.3) is 5.91 Å². The first kappa shape index (κ1) is 14.2. The zero-order valence-corrected chi connectivity index (χ0v) is 11.5. The molecule has 1 saturated heterocycles. The summed E-state index contributed by atoms with van der Waals surface area (Å²) in [5, 5.41) is 2.65. The van der Waals surface area contributed by atoms with Crippen molar-refractivity contribution in [2.45, 2.75) is 25.8 Å². The van der Waals surface area contributed by atoms with E-state index in [0.717, 1.165) is 0 Å². The molecule has 3 N–H and O–H groups in total. The molecule has 1 aliphatic heterocycles. The van der Waals surface area contributed by atoms with E-state index in [0.29, 0.717) is 37.4 Å². The molecular formula is C14H19N3O3. The van der Waals surface area contributed by atoms with Crippen LogP contribution in [-0.2, 0) is 4.79 Å². The minimum Gasteiger partial charge on any atom is -0.493 e. The fourth-order valence-corrected chi connectivity index (χ4v) is 2.08. The van der Waals surface area contributed by atoms with E-state index in [-0.39, 0.29) is 18.0 Å². The molecule has 108 valence electrons. The Bertz CT molecular complexity index is 504. The van der Waals surface area contributed by atoms with Crippen molar-refractivity contribution in [3.05, 3.63) is 24.3 Å². The van der Waals surface area contributed by atoms with Gasteiger partial charge in [-0.3, -0.25) is 9.69 Å². The first-order valence-electron chi connectivity index (χ1n) is 6.72. The minimum atomic E-state index is -0.377. The number of urea groups is 1. The predicted molar refractivity (Wildman–Crippen MR) is 75.3 cm³/mol. The van der Waals surface area contributed by atoms with Crippen LogP contribution in [0.5, 0.6) is 5.75 Å². The first-order valence-corrected chi connectivity index (χ1v) is 6.72. The maximum absolute atomic E-state index is 11.8. The highest BCUT2D eigenvalue weighted by molar-refractivity contribution is 6.04. The van der Waals surface area contributed by atoms with Crippen molar-refractivity contribution in [2.24, 2.45) is 0 Å². The van der Waals surface area contributed by atoms with Gasteiger partial charge in [-0.05, 0) is 25.0 Å². The number of carbonyl (C=O) groups excluding carboxylic acids is 2. The van der Waals surface area contributed by atoms with Crippen LogP contribution in [0.1, 0.15) is 19.8 Å². The molecule has 0 aromatic heterocycles. The van der Waals surface area contributed by atoms with Gasteiger partial charge in [-0.25, -0.2) is 4.79 Å². The number of hydrogen-bond donors (Lipinski definition) is 2. The molecule has 1 unspecified atom stereocenters. The van der Waals surface area contributed by atoms with Crippen molar-refractivity contribution >= 4 is 17.6 Å². The normalized spacial score (nSPS) is 18.2. The maximum atomic E-state index is 11.8. The number of amides is 3. The van der Waals surface area contributed by atoms with Gasteiger partial charge in [0.15, 0.2) is 0 Å². The van der Waals surface area contributed by atoms with E-state index in [4.69, 9.17) is 10.5 Å². The topological polar surface area (TPSA) is 84.7 Å². The van der Waals surface area contributed by atoms with E-state index in [2.05, 4.69) is 5.32 Å². The summed E-state index contributed by atoms with van der Waals surface area (Å²) in [6.45, 7) is 2.66. The lowest BCUT2D eigenvalue weighted by Gasteiger charge is -2.13. The fraction of sp³-hybridized carbons (Fsp3) is 0.429. The third-order valence-corrected chi connectivity index (χ3v) is 3.17. The Morgan fingerprint density at radius 1 is 1.40 bits per heavy atom. The predicted octanol–water partition coefficient (Wildman–Crippen LogP) is 1.37. The van der Waals surface area contributed by atoms with Crippen molar-refractivity contribution in [1.29, 1.82) is 0 Å². The van der Waals surface area contributed by atoms with E-state index in [1.165, 1.54) is 4.90 Å². The van der Waals surface area contributed by atoms with Gasteiger partial charge in [0.1, 0.15) is 11.8 Å². The number of anilines is 1. The highest BCUT2D eigenvalue weighted by Gasteiger charge is 2.36. The van der Waals surface area contributed by atoms with E-state index < -0.39 is 0 Å². The van der Waals surface area contributed by atoms with Gasteiger partial charge >= 0.3 is 6.03 Å². The molecule has 0 saturated carbocycles. The van der Waals surface area contributed by atoms with Crippen LogP contribution >= 0.6 is 0 Å². The summed E-state index contributed by atoms with van der Waals surface area (Å²) in [6, 6.07) is 6.46. The average Bonchev–Trinajstić information content (AvgIpc) is 2.70. The zero-order valence-electron chi connectivity index (χ0n) is 11.5. The summed E-state index contributed by atoms with van der Waals surface area (Å²) in [6.07, 6.45) is 1.20. The molecule has 6 nitrogen and oxygen atoms in total. The number of nitrogens with one attached hydrogen (secondary N) is 1. The molecule has 1 heterocycles. The number of benzene rings is 1. The quantitative estimate of drug-likeness (QED) is 0.467. The number of nitrogens with two attached hydrogens (primary N) is 1. The Morgan fingerprint density at radius 3 is 2.85 bits per heavy atom. The molecule has 0 spiro atoms. The first-order chi connectivity index (χ1) is 9.61. The van der Waals surface area contributed by atoms with Crippen LogP contribution in [0.3, 0.4) is 0 Å².